The van der Waals surface area contributed by atoms with Crippen LogP contribution >= 0.6 is 11.3 Å². The summed E-state index contributed by atoms with van der Waals surface area (Å²) in [5, 5.41) is 2.63. The lowest BCUT2D eigenvalue weighted by Gasteiger charge is -2.04. The van der Waals surface area contributed by atoms with Gasteiger partial charge in [-0.15, -0.1) is 11.3 Å². The van der Waals surface area contributed by atoms with Crippen molar-refractivity contribution in [3.8, 4) is 0 Å². The molecule has 4 aromatic rings. The largest absolute Gasteiger partial charge is 0.456 e. The minimum absolute atomic E-state index is 0.0360. The third-order valence-electron chi connectivity index (χ3n) is 3.82. The number of ether oxygens (including phenoxy) is 1. The molecule has 0 aliphatic heterocycles. The Hall–Kier alpha value is -2.93. The molecular weight excluding hydrogens is 326 g/mol. The van der Waals surface area contributed by atoms with Crippen molar-refractivity contribution < 1.29 is 9.53 Å². The van der Waals surface area contributed by atoms with E-state index in [-0.39, 0.29) is 12.2 Å². The number of aryl methyl sites for hydroxylation is 1. The van der Waals surface area contributed by atoms with Crippen molar-refractivity contribution in [3.05, 3.63) is 69.7 Å². The fraction of sp³-hybridized carbons (Fsp3) is 0.118. The van der Waals surface area contributed by atoms with Crippen molar-refractivity contribution >= 4 is 33.2 Å². The summed E-state index contributed by atoms with van der Waals surface area (Å²) in [5.41, 5.74) is 1.72. The van der Waals surface area contributed by atoms with E-state index in [9.17, 15) is 9.59 Å². The highest BCUT2D eigenvalue weighted by atomic mass is 32.1. The summed E-state index contributed by atoms with van der Waals surface area (Å²) in [7, 11) is 1.88. The standard InChI is InChI=1S/C17H13N3O3S/c1-19-9-13(12-4-2-3-5-14(12)19)16(22)23-10-11-8-15(21)20-6-7-24-17(20)18-11/h2-9H,10H2,1H3. The fourth-order valence-electron chi connectivity index (χ4n) is 2.68. The van der Waals surface area contributed by atoms with Crippen molar-refractivity contribution in [3.63, 3.8) is 0 Å². The normalized spacial score (nSPS) is 11.2. The summed E-state index contributed by atoms with van der Waals surface area (Å²) < 4.78 is 8.70. The third-order valence-corrected chi connectivity index (χ3v) is 4.58. The summed E-state index contributed by atoms with van der Waals surface area (Å²) in [6.45, 7) is -0.0360. The average molecular weight is 339 g/mol. The molecule has 6 nitrogen and oxygen atoms in total. The number of esters is 1. The van der Waals surface area contributed by atoms with Crippen molar-refractivity contribution in [2.45, 2.75) is 6.61 Å². The maximum absolute atomic E-state index is 12.4. The number of benzene rings is 1. The second-order valence-electron chi connectivity index (χ2n) is 5.39. The molecule has 24 heavy (non-hydrogen) atoms. The summed E-state index contributed by atoms with van der Waals surface area (Å²) in [4.78, 5) is 29.2. The minimum atomic E-state index is -0.431. The van der Waals surface area contributed by atoms with Gasteiger partial charge in [-0.1, -0.05) is 18.2 Å². The van der Waals surface area contributed by atoms with Crippen LogP contribution in [0.3, 0.4) is 0 Å². The van der Waals surface area contributed by atoms with E-state index in [1.807, 2.05) is 35.9 Å². The average Bonchev–Trinajstić information content (AvgIpc) is 3.18. The van der Waals surface area contributed by atoms with E-state index >= 15 is 0 Å². The van der Waals surface area contributed by atoms with E-state index in [2.05, 4.69) is 4.98 Å². The lowest BCUT2D eigenvalue weighted by molar-refractivity contribution is 0.0470. The van der Waals surface area contributed by atoms with E-state index < -0.39 is 5.97 Å². The van der Waals surface area contributed by atoms with Gasteiger partial charge in [0.15, 0.2) is 4.96 Å². The molecule has 0 atom stereocenters. The molecular formula is C17H13N3O3S. The Balaban J connectivity index is 1.60. The number of rotatable bonds is 3. The molecule has 1 aromatic carbocycles. The summed E-state index contributed by atoms with van der Waals surface area (Å²) in [6, 6.07) is 9.01. The van der Waals surface area contributed by atoms with Gasteiger partial charge in [0.05, 0.1) is 11.3 Å². The molecule has 0 spiro atoms. The number of carbonyl (C=O) groups excluding carboxylic acids is 1. The first-order valence-corrected chi connectivity index (χ1v) is 8.18. The zero-order chi connectivity index (χ0) is 16.7. The van der Waals surface area contributed by atoms with Gasteiger partial charge >= 0.3 is 5.97 Å². The Kier molecular flexibility index (Phi) is 3.42. The number of thiazole rings is 1. The molecule has 120 valence electrons. The number of nitrogens with zero attached hydrogens (tertiary/aromatic N) is 3. The molecule has 0 fully saturated rings. The predicted molar refractivity (Wildman–Crippen MR) is 91.4 cm³/mol. The molecule has 0 amide bonds. The molecule has 0 bridgehead atoms. The topological polar surface area (TPSA) is 65.6 Å². The number of fused-ring (bicyclic) bond motifs is 2. The SMILES string of the molecule is Cn1cc(C(=O)OCc2cc(=O)n3ccsc3n2)c2ccccc21. The quantitative estimate of drug-likeness (QED) is 0.538. The van der Waals surface area contributed by atoms with Crippen molar-refractivity contribution in [2.24, 2.45) is 7.05 Å². The van der Waals surface area contributed by atoms with Gasteiger partial charge in [-0.05, 0) is 6.07 Å². The van der Waals surface area contributed by atoms with E-state index in [0.717, 1.165) is 10.9 Å². The van der Waals surface area contributed by atoms with Crippen LogP contribution in [-0.2, 0) is 18.4 Å². The molecule has 0 radical (unpaired) electrons. The Morgan fingerprint density at radius 3 is 3.04 bits per heavy atom. The smallest absolute Gasteiger partial charge is 0.340 e. The molecule has 0 saturated carbocycles. The van der Waals surface area contributed by atoms with Crippen LogP contribution in [0.25, 0.3) is 15.9 Å². The summed E-state index contributed by atoms with van der Waals surface area (Å²) in [6.07, 6.45) is 3.42. The van der Waals surface area contributed by atoms with Crippen LogP contribution in [0.5, 0.6) is 0 Å². The maximum atomic E-state index is 12.4. The van der Waals surface area contributed by atoms with Crippen LogP contribution in [0.2, 0.25) is 0 Å². The molecule has 4 rings (SSSR count). The van der Waals surface area contributed by atoms with E-state index in [1.165, 1.54) is 21.8 Å². The first kappa shape index (κ1) is 14.6. The van der Waals surface area contributed by atoms with Gasteiger partial charge in [0, 0.05) is 41.8 Å². The number of hydrogen-bond acceptors (Lipinski definition) is 5. The lowest BCUT2D eigenvalue weighted by Crippen LogP contribution is -2.14. The highest BCUT2D eigenvalue weighted by Gasteiger charge is 2.15. The highest BCUT2D eigenvalue weighted by Crippen LogP contribution is 2.21. The zero-order valence-electron chi connectivity index (χ0n) is 12.8. The molecule has 0 saturated heterocycles. The first-order chi connectivity index (χ1) is 11.6. The minimum Gasteiger partial charge on any atom is -0.456 e. The summed E-state index contributed by atoms with van der Waals surface area (Å²) >= 11 is 1.36. The van der Waals surface area contributed by atoms with E-state index in [0.29, 0.717) is 16.2 Å². The van der Waals surface area contributed by atoms with Crippen LogP contribution in [0, 0.1) is 0 Å². The van der Waals surface area contributed by atoms with Crippen LogP contribution < -0.4 is 5.56 Å². The van der Waals surface area contributed by atoms with Crippen molar-refractivity contribution in [1.82, 2.24) is 14.0 Å². The molecule has 0 N–H and O–H groups in total. The number of para-hydroxylation sites is 1. The molecule has 7 heteroatoms. The number of hydrogen-bond donors (Lipinski definition) is 0. The van der Waals surface area contributed by atoms with Crippen LogP contribution in [-0.4, -0.2) is 19.9 Å². The van der Waals surface area contributed by atoms with Crippen LogP contribution in [0.15, 0.2) is 52.9 Å². The third kappa shape index (κ3) is 2.39. The van der Waals surface area contributed by atoms with Crippen molar-refractivity contribution in [2.75, 3.05) is 0 Å². The second kappa shape index (κ2) is 5.61. The Labute approximate surface area is 140 Å². The van der Waals surface area contributed by atoms with Gasteiger partial charge in [-0.25, -0.2) is 9.78 Å². The van der Waals surface area contributed by atoms with Crippen molar-refractivity contribution in [1.29, 1.82) is 0 Å². The summed E-state index contributed by atoms with van der Waals surface area (Å²) in [5.74, 6) is -0.431. The van der Waals surface area contributed by atoms with Gasteiger partial charge < -0.3 is 9.30 Å². The molecule has 0 aliphatic rings. The van der Waals surface area contributed by atoms with Gasteiger partial charge in [0.25, 0.3) is 5.56 Å². The molecule has 0 unspecified atom stereocenters. The van der Waals surface area contributed by atoms with Crippen LogP contribution in [0.4, 0.5) is 0 Å². The van der Waals surface area contributed by atoms with Gasteiger partial charge in [-0.2, -0.15) is 0 Å². The zero-order valence-corrected chi connectivity index (χ0v) is 13.6. The van der Waals surface area contributed by atoms with Gasteiger partial charge in [-0.3, -0.25) is 9.20 Å². The van der Waals surface area contributed by atoms with E-state index in [4.69, 9.17) is 4.74 Å². The second-order valence-corrected chi connectivity index (χ2v) is 6.26. The van der Waals surface area contributed by atoms with Gasteiger partial charge in [0.2, 0.25) is 0 Å². The van der Waals surface area contributed by atoms with Crippen LogP contribution in [0.1, 0.15) is 16.1 Å². The monoisotopic (exact) mass is 339 g/mol. The highest BCUT2D eigenvalue weighted by molar-refractivity contribution is 7.15. The Morgan fingerprint density at radius 1 is 1.33 bits per heavy atom. The lowest BCUT2D eigenvalue weighted by atomic mass is 10.2. The van der Waals surface area contributed by atoms with Gasteiger partial charge in [0.1, 0.15) is 6.61 Å². The fourth-order valence-corrected chi connectivity index (χ4v) is 3.42. The number of carbonyl (C=O) groups is 1. The Bertz CT molecular complexity index is 1120. The predicted octanol–water partition coefficient (Wildman–Crippen LogP) is 2.60. The maximum Gasteiger partial charge on any atom is 0.340 e. The first-order valence-electron chi connectivity index (χ1n) is 7.30. The number of aromatic nitrogens is 3. The molecule has 3 heterocycles. The Morgan fingerprint density at radius 2 is 2.17 bits per heavy atom. The van der Waals surface area contributed by atoms with E-state index in [1.54, 1.807) is 17.8 Å². The molecule has 3 aromatic heterocycles. The molecule has 0 aliphatic carbocycles.